The Labute approximate surface area is 208 Å². The first-order valence-corrected chi connectivity index (χ1v) is 14.3. The van der Waals surface area contributed by atoms with Crippen LogP contribution in [0.3, 0.4) is 0 Å². The summed E-state index contributed by atoms with van der Waals surface area (Å²) in [6.45, 7) is 5.38. The second-order valence-corrected chi connectivity index (χ2v) is 13.5. The van der Waals surface area contributed by atoms with Crippen LogP contribution in [0.2, 0.25) is 0 Å². The van der Waals surface area contributed by atoms with Crippen LogP contribution in [0.15, 0.2) is 29.2 Å². The van der Waals surface area contributed by atoms with Crippen molar-refractivity contribution in [1.82, 2.24) is 0 Å². The first-order chi connectivity index (χ1) is 16.2. The molecule has 0 aliphatic heterocycles. The molecule has 1 aromatic rings. The number of benzene rings is 1. The van der Waals surface area contributed by atoms with E-state index in [-0.39, 0.29) is 17.2 Å². The molecule has 4 aliphatic carbocycles. The molecule has 3 nitrogen and oxygen atoms in total. The highest BCUT2D eigenvalue weighted by molar-refractivity contribution is 8.00. The maximum Gasteiger partial charge on any atom is 0.146 e. The molecule has 5 rings (SSSR count). The number of Topliss-reactive ketones (excluding diaryl/α,β-unsaturated/α-hetero) is 1. The Morgan fingerprint density at radius 1 is 1.03 bits per heavy atom. The van der Waals surface area contributed by atoms with Gasteiger partial charge in [0.2, 0.25) is 0 Å². The van der Waals surface area contributed by atoms with E-state index in [1.54, 1.807) is 31.0 Å². The minimum atomic E-state index is -0.651. The number of rotatable bonds is 6. The molecular weight excluding hydrogens is 447 g/mol. The molecule has 0 bridgehead atoms. The third kappa shape index (κ3) is 4.18. The van der Waals surface area contributed by atoms with Crippen LogP contribution in [0.4, 0.5) is 4.39 Å². The van der Waals surface area contributed by atoms with Crippen LogP contribution in [-0.4, -0.2) is 36.0 Å². The predicted molar refractivity (Wildman–Crippen MR) is 134 cm³/mol. The molecule has 0 aromatic heterocycles. The van der Waals surface area contributed by atoms with Crippen molar-refractivity contribution < 1.29 is 19.0 Å². The summed E-state index contributed by atoms with van der Waals surface area (Å²) >= 11 is 1.55. The highest BCUT2D eigenvalue weighted by Crippen LogP contribution is 2.68. The first kappa shape index (κ1) is 24.8. The molecule has 1 aromatic carbocycles. The molecule has 0 saturated heterocycles. The van der Waals surface area contributed by atoms with Gasteiger partial charge in [-0.3, -0.25) is 4.79 Å². The van der Waals surface area contributed by atoms with Gasteiger partial charge in [0.15, 0.2) is 0 Å². The standard InChI is InChI=1S/C29H41FO3S/c1-27-14-15-29(32,18-33-3)16-19(27)4-9-22-23-10-11-25(28(23,2)13-12-24(22)27)26(31)17-34-21-7-5-20(30)6-8-21/h5-8,19,22-25,32H,4,9-18H2,1-3H3/t19?,22-,23-,24-,25+,27-,28-,29?/m0/s1. The van der Waals surface area contributed by atoms with Gasteiger partial charge in [0, 0.05) is 17.9 Å². The van der Waals surface area contributed by atoms with E-state index in [9.17, 15) is 14.3 Å². The van der Waals surface area contributed by atoms with Crippen molar-refractivity contribution in [3.8, 4) is 0 Å². The molecule has 188 valence electrons. The molecule has 5 heteroatoms. The van der Waals surface area contributed by atoms with Gasteiger partial charge in [0.05, 0.1) is 18.0 Å². The third-order valence-electron chi connectivity index (χ3n) is 10.8. The van der Waals surface area contributed by atoms with E-state index in [2.05, 4.69) is 13.8 Å². The van der Waals surface area contributed by atoms with Crippen LogP contribution in [0.1, 0.15) is 71.6 Å². The van der Waals surface area contributed by atoms with E-state index in [0.29, 0.717) is 35.4 Å². The zero-order chi connectivity index (χ0) is 24.1. The van der Waals surface area contributed by atoms with Crippen LogP contribution < -0.4 is 0 Å². The normalized spacial score (nSPS) is 43.6. The Bertz CT molecular complexity index is 905. The summed E-state index contributed by atoms with van der Waals surface area (Å²) in [5.41, 5.74) is -0.219. The Hall–Kier alpha value is -0.910. The summed E-state index contributed by atoms with van der Waals surface area (Å²) in [6, 6.07) is 6.49. The van der Waals surface area contributed by atoms with Gasteiger partial charge in [-0.1, -0.05) is 13.8 Å². The minimum Gasteiger partial charge on any atom is -0.387 e. The predicted octanol–water partition coefficient (Wildman–Crippen LogP) is 6.52. The number of ketones is 1. The highest BCUT2D eigenvalue weighted by Gasteiger charge is 2.62. The summed E-state index contributed by atoms with van der Waals surface area (Å²) in [5.74, 6) is 3.48. The van der Waals surface area contributed by atoms with Crippen LogP contribution in [-0.2, 0) is 9.53 Å². The largest absolute Gasteiger partial charge is 0.387 e. The number of aliphatic hydroxyl groups is 1. The van der Waals surface area contributed by atoms with Gasteiger partial charge < -0.3 is 9.84 Å². The second-order valence-electron chi connectivity index (χ2n) is 12.4. The van der Waals surface area contributed by atoms with Crippen LogP contribution >= 0.6 is 11.8 Å². The molecule has 34 heavy (non-hydrogen) atoms. The number of hydrogen-bond donors (Lipinski definition) is 1. The van der Waals surface area contributed by atoms with Crippen molar-refractivity contribution >= 4 is 17.5 Å². The zero-order valence-electron chi connectivity index (χ0n) is 21.0. The molecule has 2 unspecified atom stereocenters. The Balaban J connectivity index is 1.27. The molecule has 8 atom stereocenters. The van der Waals surface area contributed by atoms with Crippen molar-refractivity contribution in [2.24, 2.45) is 40.4 Å². The number of carbonyl (C=O) groups is 1. The van der Waals surface area contributed by atoms with Gasteiger partial charge in [-0.05, 0) is 117 Å². The van der Waals surface area contributed by atoms with E-state index >= 15 is 0 Å². The quantitative estimate of drug-likeness (QED) is 0.463. The van der Waals surface area contributed by atoms with Crippen molar-refractivity contribution in [2.75, 3.05) is 19.5 Å². The summed E-state index contributed by atoms with van der Waals surface area (Å²) in [4.78, 5) is 14.4. The number of ether oxygens (including phenoxy) is 1. The molecule has 0 amide bonds. The monoisotopic (exact) mass is 488 g/mol. The van der Waals surface area contributed by atoms with Gasteiger partial charge >= 0.3 is 0 Å². The first-order valence-electron chi connectivity index (χ1n) is 13.3. The number of fused-ring (bicyclic) bond motifs is 5. The number of thioether (sulfide) groups is 1. The third-order valence-corrected chi connectivity index (χ3v) is 11.9. The lowest BCUT2D eigenvalue weighted by Crippen LogP contribution is -2.56. The molecule has 0 heterocycles. The molecule has 4 fully saturated rings. The lowest BCUT2D eigenvalue weighted by Gasteiger charge is -2.62. The summed E-state index contributed by atoms with van der Waals surface area (Å²) in [6.07, 6.45) is 9.87. The van der Waals surface area contributed by atoms with Gasteiger partial charge in [0.25, 0.3) is 0 Å². The number of hydrogen-bond acceptors (Lipinski definition) is 4. The lowest BCUT2D eigenvalue weighted by molar-refractivity contribution is -0.163. The Morgan fingerprint density at radius 3 is 2.50 bits per heavy atom. The van der Waals surface area contributed by atoms with Gasteiger partial charge in [0.1, 0.15) is 11.6 Å². The minimum absolute atomic E-state index is 0.121. The molecule has 0 spiro atoms. The average Bonchev–Trinajstić information content (AvgIpc) is 3.16. The molecular formula is C29H41FO3S. The fourth-order valence-electron chi connectivity index (χ4n) is 9.04. The van der Waals surface area contributed by atoms with Crippen molar-refractivity contribution in [3.05, 3.63) is 30.1 Å². The topological polar surface area (TPSA) is 46.5 Å². The zero-order valence-corrected chi connectivity index (χ0v) is 21.8. The SMILES string of the molecule is COCC1(O)CC[C@@]2(C)C(CC[C@H]3[C@@H]4CC[C@H](C(=O)CSc5ccc(F)cc5)[C@@]4(C)CC[C@@H]32)C1. The summed E-state index contributed by atoms with van der Waals surface area (Å²) in [7, 11) is 1.70. The maximum atomic E-state index is 13.4. The maximum absolute atomic E-state index is 13.4. The fourth-order valence-corrected chi connectivity index (χ4v) is 9.88. The van der Waals surface area contributed by atoms with E-state index < -0.39 is 5.60 Å². The van der Waals surface area contributed by atoms with Crippen LogP contribution in [0, 0.1) is 46.2 Å². The lowest BCUT2D eigenvalue weighted by atomic mass is 9.44. The van der Waals surface area contributed by atoms with Gasteiger partial charge in [-0.2, -0.15) is 0 Å². The van der Waals surface area contributed by atoms with E-state index in [0.717, 1.165) is 48.8 Å². The summed E-state index contributed by atoms with van der Waals surface area (Å²) in [5, 5.41) is 11.1. The number of carbonyl (C=O) groups excluding carboxylic acids is 1. The number of halogens is 1. The van der Waals surface area contributed by atoms with Crippen molar-refractivity contribution in [1.29, 1.82) is 0 Å². The Morgan fingerprint density at radius 2 is 1.76 bits per heavy atom. The van der Waals surface area contributed by atoms with Crippen LogP contribution in [0.5, 0.6) is 0 Å². The smallest absolute Gasteiger partial charge is 0.146 e. The van der Waals surface area contributed by atoms with Crippen molar-refractivity contribution in [2.45, 2.75) is 82.1 Å². The fraction of sp³-hybridized carbons (Fsp3) is 0.759. The van der Waals surface area contributed by atoms with Crippen LogP contribution in [0.25, 0.3) is 0 Å². The summed E-state index contributed by atoms with van der Waals surface area (Å²) < 4.78 is 18.6. The van der Waals surface area contributed by atoms with Gasteiger partial charge in [-0.25, -0.2) is 4.39 Å². The highest BCUT2D eigenvalue weighted by atomic mass is 32.2. The van der Waals surface area contributed by atoms with E-state index in [1.165, 1.54) is 37.8 Å². The van der Waals surface area contributed by atoms with E-state index in [1.807, 2.05) is 0 Å². The van der Waals surface area contributed by atoms with E-state index in [4.69, 9.17) is 4.74 Å². The average molecular weight is 489 g/mol. The second kappa shape index (κ2) is 9.19. The molecule has 1 N–H and O–H groups in total. The van der Waals surface area contributed by atoms with Crippen molar-refractivity contribution in [3.63, 3.8) is 0 Å². The molecule has 4 saturated carbocycles. The van der Waals surface area contributed by atoms with Gasteiger partial charge in [-0.15, -0.1) is 11.8 Å². The Kier molecular flexibility index (Phi) is 6.70. The number of methoxy groups -OCH3 is 1. The molecule has 0 radical (unpaired) electrons. The molecule has 4 aliphatic rings.